The van der Waals surface area contributed by atoms with Gasteiger partial charge in [-0.25, -0.2) is 4.98 Å². The third-order valence-electron chi connectivity index (χ3n) is 2.60. The lowest BCUT2D eigenvalue weighted by molar-refractivity contribution is 0.0997. The number of rotatable bonds is 2. The Morgan fingerprint density at radius 1 is 1.39 bits per heavy atom. The molecule has 90 valence electrons. The van der Waals surface area contributed by atoms with E-state index in [1.165, 1.54) is 6.26 Å². The van der Waals surface area contributed by atoms with Gasteiger partial charge in [0.2, 0.25) is 0 Å². The fraction of sp³-hybridized carbons (Fsp3) is 0.0769. The highest BCUT2D eigenvalue weighted by Gasteiger charge is 2.11. The van der Waals surface area contributed by atoms with Crippen molar-refractivity contribution >= 4 is 17.2 Å². The molecule has 3 aromatic rings. The molecule has 1 N–H and O–H groups in total. The Bertz CT molecular complexity index is 698. The Labute approximate surface area is 103 Å². The van der Waals surface area contributed by atoms with Crippen LogP contribution in [-0.2, 0) is 0 Å². The van der Waals surface area contributed by atoms with Gasteiger partial charge >= 0.3 is 0 Å². The molecule has 0 spiro atoms. The molecule has 0 aliphatic heterocycles. The van der Waals surface area contributed by atoms with Gasteiger partial charge in [-0.3, -0.25) is 4.79 Å². The van der Waals surface area contributed by atoms with Crippen LogP contribution in [0.2, 0.25) is 0 Å². The topological polar surface area (TPSA) is 59.5 Å². The molecule has 0 aliphatic carbocycles. The van der Waals surface area contributed by atoms with Gasteiger partial charge < -0.3 is 14.1 Å². The van der Waals surface area contributed by atoms with Crippen molar-refractivity contribution in [2.75, 3.05) is 5.32 Å². The van der Waals surface area contributed by atoms with Crippen LogP contribution < -0.4 is 5.32 Å². The normalized spacial score (nSPS) is 10.7. The molecule has 0 saturated heterocycles. The number of aryl methyl sites for hydroxylation is 1. The number of carbonyl (C=O) groups is 1. The number of nitrogens with zero attached hydrogens (tertiary/aromatic N) is 2. The highest BCUT2D eigenvalue weighted by Crippen LogP contribution is 2.17. The molecular formula is C13H11N3O2. The summed E-state index contributed by atoms with van der Waals surface area (Å²) in [6.07, 6.45) is 5.25. The molecule has 0 fully saturated rings. The first kappa shape index (κ1) is 10.6. The number of pyridine rings is 1. The van der Waals surface area contributed by atoms with Crippen LogP contribution in [0.5, 0.6) is 0 Å². The molecule has 0 unspecified atom stereocenters. The zero-order valence-corrected chi connectivity index (χ0v) is 9.75. The fourth-order valence-corrected chi connectivity index (χ4v) is 1.82. The van der Waals surface area contributed by atoms with Crippen molar-refractivity contribution in [2.24, 2.45) is 0 Å². The van der Waals surface area contributed by atoms with E-state index in [1.807, 2.05) is 35.9 Å². The third-order valence-corrected chi connectivity index (χ3v) is 2.60. The minimum Gasteiger partial charge on any atom is -0.459 e. The van der Waals surface area contributed by atoms with Crippen LogP contribution in [0.15, 0.2) is 47.3 Å². The summed E-state index contributed by atoms with van der Waals surface area (Å²) in [4.78, 5) is 16.2. The molecule has 0 atom stereocenters. The number of fused-ring (bicyclic) bond motifs is 1. The largest absolute Gasteiger partial charge is 0.459 e. The number of furan rings is 1. The smallest absolute Gasteiger partial charge is 0.291 e. The van der Waals surface area contributed by atoms with Crippen LogP contribution in [0.4, 0.5) is 5.69 Å². The molecule has 3 heterocycles. The Kier molecular flexibility index (Phi) is 2.37. The van der Waals surface area contributed by atoms with Gasteiger partial charge in [-0.15, -0.1) is 0 Å². The molecule has 3 rings (SSSR count). The first-order chi connectivity index (χ1) is 8.74. The average molecular weight is 241 g/mol. The molecular weight excluding hydrogens is 230 g/mol. The van der Waals surface area contributed by atoms with Crippen molar-refractivity contribution in [3.05, 3.63) is 54.4 Å². The first-order valence-corrected chi connectivity index (χ1v) is 5.53. The van der Waals surface area contributed by atoms with E-state index in [0.717, 1.165) is 11.3 Å². The Morgan fingerprint density at radius 2 is 2.28 bits per heavy atom. The Hall–Kier alpha value is -2.56. The van der Waals surface area contributed by atoms with Gasteiger partial charge in [-0.1, -0.05) is 0 Å². The average Bonchev–Trinajstić information content (AvgIpc) is 2.96. The number of hydrogen-bond acceptors (Lipinski definition) is 3. The Balaban J connectivity index is 1.97. The van der Waals surface area contributed by atoms with E-state index in [4.69, 9.17) is 4.42 Å². The second-order valence-corrected chi connectivity index (χ2v) is 3.97. The molecule has 0 bridgehead atoms. The molecule has 5 nitrogen and oxygen atoms in total. The standard InChI is InChI=1S/C13H11N3O2/c1-9-8-16-6-2-4-10(12(16)14-9)15-13(17)11-5-3-7-18-11/h2-8H,1H3,(H,15,17). The highest BCUT2D eigenvalue weighted by atomic mass is 16.3. The second-order valence-electron chi connectivity index (χ2n) is 3.97. The SMILES string of the molecule is Cc1cn2cccc(NC(=O)c3ccco3)c2n1. The lowest BCUT2D eigenvalue weighted by Crippen LogP contribution is -2.11. The van der Waals surface area contributed by atoms with Gasteiger partial charge in [0, 0.05) is 12.4 Å². The summed E-state index contributed by atoms with van der Waals surface area (Å²) in [6.45, 7) is 1.91. The number of anilines is 1. The van der Waals surface area contributed by atoms with Gasteiger partial charge in [0.1, 0.15) is 0 Å². The highest BCUT2D eigenvalue weighted by molar-refractivity contribution is 6.04. The first-order valence-electron chi connectivity index (χ1n) is 5.53. The quantitative estimate of drug-likeness (QED) is 0.749. The van der Waals surface area contributed by atoms with Crippen molar-refractivity contribution in [3.8, 4) is 0 Å². The molecule has 5 heteroatoms. The summed E-state index contributed by atoms with van der Waals surface area (Å²) >= 11 is 0. The number of aromatic nitrogens is 2. The van der Waals surface area contributed by atoms with Crippen LogP contribution in [0.3, 0.4) is 0 Å². The van der Waals surface area contributed by atoms with Gasteiger partial charge in [-0.05, 0) is 31.2 Å². The van der Waals surface area contributed by atoms with Crippen molar-refractivity contribution in [2.45, 2.75) is 6.92 Å². The molecule has 18 heavy (non-hydrogen) atoms. The molecule has 0 saturated carbocycles. The lowest BCUT2D eigenvalue weighted by atomic mass is 10.3. The summed E-state index contributed by atoms with van der Waals surface area (Å²) in [5.74, 6) is -0.00552. The summed E-state index contributed by atoms with van der Waals surface area (Å²) in [5.41, 5.74) is 2.27. The maximum atomic E-state index is 11.9. The maximum absolute atomic E-state index is 11.9. The van der Waals surface area contributed by atoms with Crippen molar-refractivity contribution in [3.63, 3.8) is 0 Å². The predicted octanol–water partition coefficient (Wildman–Crippen LogP) is 2.49. The summed E-state index contributed by atoms with van der Waals surface area (Å²) in [5, 5.41) is 2.78. The Morgan fingerprint density at radius 3 is 3.06 bits per heavy atom. The van der Waals surface area contributed by atoms with Crippen molar-refractivity contribution in [1.82, 2.24) is 9.38 Å². The van der Waals surface area contributed by atoms with Gasteiger partial charge in [0.15, 0.2) is 11.4 Å². The fourth-order valence-electron chi connectivity index (χ4n) is 1.82. The van der Waals surface area contributed by atoms with Crippen LogP contribution in [0, 0.1) is 6.92 Å². The minimum absolute atomic E-state index is 0.278. The molecule has 0 aromatic carbocycles. The van der Waals surface area contributed by atoms with E-state index in [0.29, 0.717) is 5.69 Å². The monoisotopic (exact) mass is 241 g/mol. The van der Waals surface area contributed by atoms with Gasteiger partial charge in [-0.2, -0.15) is 0 Å². The summed E-state index contributed by atoms with van der Waals surface area (Å²) < 4.78 is 6.91. The van der Waals surface area contributed by atoms with Crippen LogP contribution >= 0.6 is 0 Å². The minimum atomic E-state index is -0.284. The van der Waals surface area contributed by atoms with Gasteiger partial charge in [0.05, 0.1) is 17.6 Å². The van der Waals surface area contributed by atoms with E-state index < -0.39 is 0 Å². The van der Waals surface area contributed by atoms with E-state index in [1.54, 1.807) is 12.1 Å². The van der Waals surface area contributed by atoms with E-state index in [2.05, 4.69) is 10.3 Å². The third kappa shape index (κ3) is 1.75. The number of carbonyl (C=O) groups excluding carboxylic acids is 1. The lowest BCUT2D eigenvalue weighted by Gasteiger charge is -2.04. The number of nitrogens with one attached hydrogen (secondary N) is 1. The summed E-state index contributed by atoms with van der Waals surface area (Å²) in [7, 11) is 0. The predicted molar refractivity (Wildman–Crippen MR) is 66.6 cm³/mol. The van der Waals surface area contributed by atoms with E-state index in [9.17, 15) is 4.79 Å². The van der Waals surface area contributed by atoms with Crippen molar-refractivity contribution in [1.29, 1.82) is 0 Å². The molecule has 3 aromatic heterocycles. The zero-order valence-electron chi connectivity index (χ0n) is 9.75. The van der Waals surface area contributed by atoms with Crippen LogP contribution in [0.1, 0.15) is 16.2 Å². The maximum Gasteiger partial charge on any atom is 0.291 e. The summed E-state index contributed by atoms with van der Waals surface area (Å²) in [6, 6.07) is 6.95. The number of imidazole rings is 1. The zero-order chi connectivity index (χ0) is 12.5. The van der Waals surface area contributed by atoms with Crippen LogP contribution in [-0.4, -0.2) is 15.3 Å². The van der Waals surface area contributed by atoms with Crippen molar-refractivity contribution < 1.29 is 9.21 Å². The number of amides is 1. The second kappa shape index (κ2) is 4.03. The van der Waals surface area contributed by atoms with Crippen LogP contribution in [0.25, 0.3) is 5.65 Å². The molecule has 1 amide bonds. The van der Waals surface area contributed by atoms with E-state index in [-0.39, 0.29) is 11.7 Å². The number of hydrogen-bond donors (Lipinski definition) is 1. The van der Waals surface area contributed by atoms with Gasteiger partial charge in [0.25, 0.3) is 5.91 Å². The molecule has 0 radical (unpaired) electrons. The van der Waals surface area contributed by atoms with E-state index >= 15 is 0 Å². The molecule has 0 aliphatic rings.